The second-order valence-electron chi connectivity index (χ2n) is 12.2. The molecule has 0 unspecified atom stereocenters. The van der Waals surface area contributed by atoms with E-state index in [1.54, 1.807) is 0 Å². The Kier molecular flexibility index (Phi) is 11.5. The summed E-state index contributed by atoms with van der Waals surface area (Å²) in [6, 6.07) is 14.7. The molecule has 0 atom stereocenters. The number of carbonyl (C=O) groups is 1. The summed E-state index contributed by atoms with van der Waals surface area (Å²) in [5.41, 5.74) is 7.68. The summed E-state index contributed by atoms with van der Waals surface area (Å²) in [6.45, 7) is 21.9. The molecule has 0 amide bonds. The molecule has 0 saturated carbocycles. The molecule has 1 radical (unpaired) electrons. The van der Waals surface area contributed by atoms with Crippen LogP contribution in [0.3, 0.4) is 0 Å². The Bertz CT molecular complexity index is 1360. The normalized spacial score (nSPS) is 15.2. The summed E-state index contributed by atoms with van der Waals surface area (Å²) in [5, 5.41) is 12.3. The first-order chi connectivity index (χ1) is 18.3. The maximum Gasteiger partial charge on any atom is 0.162 e. The standard InChI is InChI=1S/C23H24N.C13H24O2.Ir/c1-14-9-10-17-15(2)20-18(13-16(17)12-14)21-19(8-7-11-24-21)22(3,4)23(20,5)6;1-5-10(6-2)12(14)9-13(15)11(7-3)8-4;/h7-12H,1-6H3;9-11,14H,5-8H2,1-4H3;/q-1;;/b;12-9-;. The third-order valence-corrected chi connectivity index (χ3v) is 9.45. The van der Waals surface area contributed by atoms with Gasteiger partial charge < -0.3 is 5.11 Å². The Morgan fingerprint density at radius 1 is 0.950 bits per heavy atom. The molecule has 219 valence electrons. The zero-order valence-electron chi connectivity index (χ0n) is 26.2. The Labute approximate surface area is 256 Å². The van der Waals surface area contributed by atoms with E-state index in [1.165, 1.54) is 44.7 Å². The second-order valence-corrected chi connectivity index (χ2v) is 12.2. The van der Waals surface area contributed by atoms with Gasteiger partial charge in [0.2, 0.25) is 0 Å². The van der Waals surface area contributed by atoms with Crippen LogP contribution in [-0.4, -0.2) is 15.9 Å². The van der Waals surface area contributed by atoms with Crippen molar-refractivity contribution >= 4 is 16.6 Å². The molecule has 1 aliphatic rings. The Morgan fingerprint density at radius 3 is 2.12 bits per heavy atom. The van der Waals surface area contributed by atoms with E-state index in [4.69, 9.17) is 4.98 Å². The van der Waals surface area contributed by atoms with Crippen LogP contribution in [0.15, 0.2) is 48.4 Å². The minimum Gasteiger partial charge on any atom is -0.512 e. The third kappa shape index (κ3) is 6.29. The van der Waals surface area contributed by atoms with E-state index >= 15 is 0 Å². The number of benzene rings is 2. The van der Waals surface area contributed by atoms with E-state index in [1.807, 2.05) is 33.9 Å². The molecule has 3 nitrogen and oxygen atoms in total. The number of nitrogens with zero attached hydrogens (tertiary/aromatic N) is 1. The van der Waals surface area contributed by atoms with E-state index in [0.717, 1.165) is 31.4 Å². The van der Waals surface area contributed by atoms with Gasteiger partial charge in [-0.25, -0.2) is 0 Å². The molecule has 1 aromatic heterocycles. The summed E-state index contributed by atoms with van der Waals surface area (Å²) in [6.07, 6.45) is 6.81. The summed E-state index contributed by atoms with van der Waals surface area (Å²) >= 11 is 0. The van der Waals surface area contributed by atoms with Gasteiger partial charge in [0.15, 0.2) is 5.78 Å². The molecule has 4 rings (SSSR count). The fraction of sp³-hybridized carbons (Fsp3) is 0.500. The van der Waals surface area contributed by atoms with Gasteiger partial charge in [-0.2, -0.15) is 0 Å². The quantitative estimate of drug-likeness (QED) is 0.150. The van der Waals surface area contributed by atoms with Crippen molar-refractivity contribution in [1.29, 1.82) is 0 Å². The topological polar surface area (TPSA) is 50.2 Å². The number of hydrogen-bond donors (Lipinski definition) is 1. The molecule has 1 aliphatic carbocycles. The summed E-state index contributed by atoms with van der Waals surface area (Å²) in [7, 11) is 0. The number of ketones is 1. The van der Waals surface area contributed by atoms with Crippen molar-refractivity contribution in [3.8, 4) is 11.3 Å². The van der Waals surface area contributed by atoms with Gasteiger partial charge in [0.05, 0.1) is 5.76 Å². The van der Waals surface area contributed by atoms with Gasteiger partial charge >= 0.3 is 0 Å². The van der Waals surface area contributed by atoms with Crippen LogP contribution in [-0.2, 0) is 35.7 Å². The van der Waals surface area contributed by atoms with E-state index in [2.05, 4.69) is 77.9 Å². The number of aromatic nitrogens is 1. The van der Waals surface area contributed by atoms with Gasteiger partial charge in [-0.15, -0.1) is 23.1 Å². The Morgan fingerprint density at radius 2 is 1.55 bits per heavy atom. The van der Waals surface area contributed by atoms with E-state index in [0.29, 0.717) is 0 Å². The summed E-state index contributed by atoms with van der Waals surface area (Å²) in [5.74, 6) is 0.547. The van der Waals surface area contributed by atoms with E-state index in [9.17, 15) is 9.90 Å². The number of hydrogen-bond acceptors (Lipinski definition) is 3. The molecule has 0 fully saturated rings. The maximum absolute atomic E-state index is 11.7. The molecule has 2 aromatic carbocycles. The largest absolute Gasteiger partial charge is 0.512 e. The summed E-state index contributed by atoms with van der Waals surface area (Å²) in [4.78, 5) is 16.5. The number of fused-ring (bicyclic) bond motifs is 4. The van der Waals surface area contributed by atoms with Gasteiger partial charge in [0, 0.05) is 49.9 Å². The predicted octanol–water partition coefficient (Wildman–Crippen LogP) is 9.75. The zero-order chi connectivity index (χ0) is 29.1. The smallest absolute Gasteiger partial charge is 0.162 e. The van der Waals surface area contributed by atoms with Gasteiger partial charge in [-0.3, -0.25) is 9.78 Å². The van der Waals surface area contributed by atoms with Crippen LogP contribution < -0.4 is 0 Å². The maximum atomic E-state index is 11.7. The van der Waals surface area contributed by atoms with Crippen molar-refractivity contribution in [2.45, 2.75) is 106 Å². The SMILES string of the molecule is CCC(CC)C(=O)/C=C(\O)C(CC)CC.Cc1ccc2c(C)c3c([c-]c2c1)-c1ncccc1C(C)(C)C3(C)C.[Ir]. The van der Waals surface area contributed by atoms with Crippen molar-refractivity contribution in [1.82, 2.24) is 4.98 Å². The molecular weight excluding hydrogens is 671 g/mol. The van der Waals surface area contributed by atoms with Gasteiger partial charge in [0.25, 0.3) is 0 Å². The van der Waals surface area contributed by atoms with Crippen LogP contribution in [0.25, 0.3) is 22.0 Å². The first kappa shape index (κ1) is 33.9. The zero-order valence-corrected chi connectivity index (χ0v) is 28.6. The fourth-order valence-corrected chi connectivity index (χ4v) is 6.10. The number of aliphatic hydroxyl groups is 1. The van der Waals surface area contributed by atoms with E-state index in [-0.39, 0.29) is 54.3 Å². The third-order valence-electron chi connectivity index (χ3n) is 9.45. The molecule has 3 aromatic rings. The van der Waals surface area contributed by atoms with Gasteiger partial charge in [-0.05, 0) is 55.1 Å². The van der Waals surface area contributed by atoms with Crippen molar-refractivity contribution < 1.29 is 30.0 Å². The number of rotatable bonds is 7. The number of allylic oxidation sites excluding steroid dienone is 2. The molecule has 0 spiro atoms. The molecule has 0 bridgehead atoms. The van der Waals surface area contributed by atoms with Crippen LogP contribution in [0.4, 0.5) is 0 Å². The molecule has 0 aliphatic heterocycles. The molecule has 1 N–H and O–H groups in total. The van der Waals surface area contributed by atoms with Crippen molar-refractivity contribution in [2.24, 2.45) is 11.8 Å². The number of carbonyl (C=O) groups excluding carboxylic acids is 1. The molecule has 0 saturated heterocycles. The minimum atomic E-state index is 0. The average Bonchev–Trinajstić information content (AvgIpc) is 2.89. The molecular formula is C36H48IrNO2-. The first-order valence-electron chi connectivity index (χ1n) is 14.7. The van der Waals surface area contributed by atoms with Crippen molar-refractivity contribution in [2.75, 3.05) is 0 Å². The van der Waals surface area contributed by atoms with Crippen LogP contribution in [0.2, 0.25) is 0 Å². The van der Waals surface area contributed by atoms with Gasteiger partial charge in [-0.1, -0.05) is 103 Å². The first-order valence-corrected chi connectivity index (χ1v) is 14.7. The summed E-state index contributed by atoms with van der Waals surface area (Å²) < 4.78 is 0. The Hall–Kier alpha value is -2.29. The second kappa shape index (κ2) is 13.6. The van der Waals surface area contributed by atoms with Crippen molar-refractivity contribution in [3.63, 3.8) is 0 Å². The van der Waals surface area contributed by atoms with Crippen LogP contribution in [0.1, 0.15) is 103 Å². The van der Waals surface area contributed by atoms with Gasteiger partial charge in [0.1, 0.15) is 0 Å². The Balaban J connectivity index is 0.000000307. The minimum absolute atomic E-state index is 0. The molecule has 4 heteroatoms. The number of pyridine rings is 1. The van der Waals surface area contributed by atoms with Crippen LogP contribution >= 0.6 is 0 Å². The van der Waals surface area contributed by atoms with E-state index < -0.39 is 0 Å². The molecule has 40 heavy (non-hydrogen) atoms. The van der Waals surface area contributed by atoms with Crippen molar-refractivity contribution in [3.05, 3.63) is 76.7 Å². The van der Waals surface area contributed by atoms with Crippen LogP contribution in [0.5, 0.6) is 0 Å². The fourth-order valence-electron chi connectivity index (χ4n) is 6.10. The average molecular weight is 719 g/mol. The van der Waals surface area contributed by atoms with Crippen LogP contribution in [0, 0.1) is 31.7 Å². The number of aryl methyl sites for hydroxylation is 2. The molecule has 1 heterocycles. The predicted molar refractivity (Wildman–Crippen MR) is 165 cm³/mol. The monoisotopic (exact) mass is 719 g/mol. The number of aliphatic hydroxyl groups excluding tert-OH is 1.